The van der Waals surface area contributed by atoms with Gasteiger partial charge in [-0.3, -0.25) is 4.79 Å². The van der Waals surface area contributed by atoms with Crippen molar-refractivity contribution < 1.29 is 18.7 Å². The molecular formula is C21H20ClFN2O3. The van der Waals surface area contributed by atoms with Crippen molar-refractivity contribution >= 4 is 34.4 Å². The van der Waals surface area contributed by atoms with Crippen molar-refractivity contribution in [2.24, 2.45) is 7.05 Å². The van der Waals surface area contributed by atoms with Crippen molar-refractivity contribution in [2.45, 2.75) is 13.0 Å². The van der Waals surface area contributed by atoms with Crippen LogP contribution in [0.15, 0.2) is 48.5 Å². The fraction of sp³-hybridized carbons (Fsp3) is 0.238. The third-order valence-electron chi connectivity index (χ3n) is 4.89. The molecule has 0 radical (unpaired) electrons. The van der Waals surface area contributed by atoms with Crippen molar-refractivity contribution in [2.75, 3.05) is 13.7 Å². The van der Waals surface area contributed by atoms with Gasteiger partial charge in [-0.05, 0) is 30.7 Å². The van der Waals surface area contributed by atoms with E-state index in [1.807, 2.05) is 31.2 Å². The Hall–Kier alpha value is -2.86. The number of hydrogen-bond acceptors (Lipinski definition) is 3. The molecule has 0 spiro atoms. The average Bonchev–Trinajstić information content (AvgIpc) is 2.96. The Bertz CT molecular complexity index is 991. The molecule has 1 aromatic heterocycles. The van der Waals surface area contributed by atoms with Crippen LogP contribution >= 0.6 is 11.6 Å². The first-order chi connectivity index (χ1) is 13.3. The first-order valence-electron chi connectivity index (χ1n) is 8.72. The minimum absolute atomic E-state index is 0.199. The molecule has 1 amide bonds. The van der Waals surface area contributed by atoms with Crippen LogP contribution in [0.1, 0.15) is 29.0 Å². The summed E-state index contributed by atoms with van der Waals surface area (Å²) in [5, 5.41) is 1.04. The number of nitrogens with zero attached hydrogens (tertiary/aromatic N) is 2. The largest absolute Gasteiger partial charge is 0.451 e. The number of likely N-dealkylation sites (N-methyl/N-ethyl adjacent to an activating group) is 1. The fourth-order valence-corrected chi connectivity index (χ4v) is 3.42. The summed E-state index contributed by atoms with van der Waals surface area (Å²) in [7, 11) is 3.32. The van der Waals surface area contributed by atoms with E-state index in [0.29, 0.717) is 5.02 Å². The second-order valence-corrected chi connectivity index (χ2v) is 6.93. The predicted molar refractivity (Wildman–Crippen MR) is 106 cm³/mol. The van der Waals surface area contributed by atoms with E-state index < -0.39 is 12.6 Å². The topological polar surface area (TPSA) is 51.5 Å². The molecule has 7 heteroatoms. The standard InChI is InChI=1S/C21H20ClFN2O3/c1-13(14-8-10-15(23)11-9-14)24(2)18(26)12-28-21(27)20-19(22)16-6-4-5-7-17(16)25(20)3/h4-11,13H,12H2,1-3H3. The normalized spacial score (nSPS) is 12.0. The van der Waals surface area contributed by atoms with Crippen molar-refractivity contribution in [3.05, 3.63) is 70.6 Å². The molecule has 0 aliphatic heterocycles. The number of hydrogen-bond donors (Lipinski definition) is 0. The van der Waals surface area contributed by atoms with E-state index in [1.54, 1.807) is 30.8 Å². The predicted octanol–water partition coefficient (Wildman–Crippen LogP) is 4.35. The van der Waals surface area contributed by atoms with Crippen LogP contribution < -0.4 is 0 Å². The van der Waals surface area contributed by atoms with Crippen LogP contribution in [0, 0.1) is 5.82 Å². The van der Waals surface area contributed by atoms with E-state index in [1.165, 1.54) is 17.0 Å². The Labute approximate surface area is 167 Å². The molecular weight excluding hydrogens is 383 g/mol. The van der Waals surface area contributed by atoms with Gasteiger partial charge < -0.3 is 14.2 Å². The lowest BCUT2D eigenvalue weighted by Crippen LogP contribution is -2.33. The molecule has 0 fully saturated rings. The summed E-state index contributed by atoms with van der Waals surface area (Å²) >= 11 is 6.33. The van der Waals surface area contributed by atoms with Crippen molar-refractivity contribution in [3.63, 3.8) is 0 Å². The van der Waals surface area contributed by atoms with Gasteiger partial charge in [0.05, 0.1) is 11.1 Å². The summed E-state index contributed by atoms with van der Waals surface area (Å²) in [6.45, 7) is 1.40. The van der Waals surface area contributed by atoms with E-state index in [4.69, 9.17) is 16.3 Å². The summed E-state index contributed by atoms with van der Waals surface area (Å²) in [6.07, 6.45) is 0. The Balaban J connectivity index is 1.69. The second kappa shape index (κ2) is 8.02. The summed E-state index contributed by atoms with van der Waals surface area (Å²) in [5.74, 6) is -1.38. The first-order valence-corrected chi connectivity index (χ1v) is 9.10. The molecule has 0 bridgehead atoms. The Kier molecular flexibility index (Phi) is 5.70. The number of aromatic nitrogens is 1. The monoisotopic (exact) mass is 402 g/mol. The minimum atomic E-state index is -0.667. The maximum atomic E-state index is 13.1. The number of esters is 1. The average molecular weight is 403 g/mol. The zero-order valence-corrected chi connectivity index (χ0v) is 16.5. The molecule has 5 nitrogen and oxygen atoms in total. The molecule has 3 rings (SSSR count). The molecule has 0 N–H and O–H groups in total. The number of para-hydroxylation sites is 1. The molecule has 146 valence electrons. The van der Waals surface area contributed by atoms with Crippen LogP contribution in [0.2, 0.25) is 5.02 Å². The molecule has 0 aliphatic carbocycles. The van der Waals surface area contributed by atoms with Gasteiger partial charge in [0, 0.05) is 25.0 Å². The van der Waals surface area contributed by atoms with Gasteiger partial charge >= 0.3 is 5.97 Å². The van der Waals surface area contributed by atoms with Gasteiger partial charge in [0.25, 0.3) is 5.91 Å². The van der Waals surface area contributed by atoms with E-state index in [-0.39, 0.29) is 23.5 Å². The summed E-state index contributed by atoms with van der Waals surface area (Å²) in [6, 6.07) is 13.0. The van der Waals surface area contributed by atoms with E-state index >= 15 is 0 Å². The van der Waals surface area contributed by atoms with Crippen LogP contribution in [0.3, 0.4) is 0 Å². The number of amides is 1. The van der Waals surface area contributed by atoms with Gasteiger partial charge in [0.1, 0.15) is 11.5 Å². The summed E-state index contributed by atoms with van der Waals surface area (Å²) in [4.78, 5) is 26.4. The number of halogens is 2. The highest BCUT2D eigenvalue weighted by Gasteiger charge is 2.23. The highest BCUT2D eigenvalue weighted by molar-refractivity contribution is 6.38. The fourth-order valence-electron chi connectivity index (χ4n) is 3.05. The van der Waals surface area contributed by atoms with Gasteiger partial charge in [-0.2, -0.15) is 0 Å². The lowest BCUT2D eigenvalue weighted by molar-refractivity contribution is -0.135. The number of aryl methyl sites for hydroxylation is 1. The van der Waals surface area contributed by atoms with Crippen LogP contribution in [-0.4, -0.2) is 35.0 Å². The van der Waals surface area contributed by atoms with Crippen molar-refractivity contribution in [3.8, 4) is 0 Å². The lowest BCUT2D eigenvalue weighted by Gasteiger charge is -2.25. The molecule has 0 saturated carbocycles. The lowest BCUT2D eigenvalue weighted by atomic mass is 10.1. The Morgan fingerprint density at radius 1 is 1.18 bits per heavy atom. The highest BCUT2D eigenvalue weighted by Crippen LogP contribution is 2.30. The summed E-state index contributed by atoms with van der Waals surface area (Å²) in [5.41, 5.74) is 1.78. The molecule has 28 heavy (non-hydrogen) atoms. The van der Waals surface area contributed by atoms with Gasteiger partial charge in [-0.1, -0.05) is 41.9 Å². The quantitative estimate of drug-likeness (QED) is 0.596. The van der Waals surface area contributed by atoms with Crippen LogP contribution in [0.5, 0.6) is 0 Å². The summed E-state index contributed by atoms with van der Waals surface area (Å²) < 4.78 is 19.9. The molecule has 1 atom stereocenters. The zero-order valence-electron chi connectivity index (χ0n) is 15.8. The van der Waals surface area contributed by atoms with Crippen LogP contribution in [0.25, 0.3) is 10.9 Å². The Morgan fingerprint density at radius 2 is 1.82 bits per heavy atom. The molecule has 2 aromatic carbocycles. The molecule has 0 aliphatic rings. The van der Waals surface area contributed by atoms with Gasteiger partial charge in [0.2, 0.25) is 0 Å². The molecule has 1 heterocycles. The first kappa shape index (κ1) is 19.9. The Morgan fingerprint density at radius 3 is 2.46 bits per heavy atom. The number of fused-ring (bicyclic) bond motifs is 1. The van der Waals surface area contributed by atoms with E-state index in [0.717, 1.165) is 16.5 Å². The molecule has 1 unspecified atom stereocenters. The minimum Gasteiger partial charge on any atom is -0.451 e. The molecule has 3 aromatic rings. The van der Waals surface area contributed by atoms with Gasteiger partial charge in [-0.15, -0.1) is 0 Å². The van der Waals surface area contributed by atoms with Crippen LogP contribution in [-0.2, 0) is 16.6 Å². The number of ether oxygens (including phenoxy) is 1. The number of benzene rings is 2. The molecule has 0 saturated heterocycles. The van der Waals surface area contributed by atoms with Gasteiger partial charge in [0.15, 0.2) is 6.61 Å². The zero-order chi connectivity index (χ0) is 20.4. The third-order valence-corrected chi connectivity index (χ3v) is 5.27. The number of carbonyl (C=O) groups is 2. The second-order valence-electron chi connectivity index (χ2n) is 6.55. The van der Waals surface area contributed by atoms with E-state index in [2.05, 4.69) is 0 Å². The number of carbonyl (C=O) groups excluding carboxylic acids is 2. The SMILES string of the molecule is CC(c1ccc(F)cc1)N(C)C(=O)COC(=O)c1c(Cl)c2ccccc2n1C. The van der Waals surface area contributed by atoms with E-state index in [9.17, 15) is 14.0 Å². The van der Waals surface area contributed by atoms with Crippen molar-refractivity contribution in [1.29, 1.82) is 0 Å². The maximum Gasteiger partial charge on any atom is 0.357 e. The highest BCUT2D eigenvalue weighted by atomic mass is 35.5. The third kappa shape index (κ3) is 3.73. The smallest absolute Gasteiger partial charge is 0.357 e. The maximum absolute atomic E-state index is 13.1. The number of rotatable bonds is 5. The van der Waals surface area contributed by atoms with Crippen LogP contribution in [0.4, 0.5) is 4.39 Å². The van der Waals surface area contributed by atoms with Crippen molar-refractivity contribution in [1.82, 2.24) is 9.47 Å². The van der Waals surface area contributed by atoms with Gasteiger partial charge in [-0.25, -0.2) is 9.18 Å².